The lowest BCUT2D eigenvalue weighted by atomic mass is 10.2. The second-order valence-electron chi connectivity index (χ2n) is 4.75. The van der Waals surface area contributed by atoms with E-state index in [2.05, 4.69) is 16.3 Å². The first-order chi connectivity index (χ1) is 9.67. The molecule has 1 aromatic carbocycles. The van der Waals surface area contributed by atoms with Crippen LogP contribution < -0.4 is 16.0 Å². The lowest BCUT2D eigenvalue weighted by Crippen LogP contribution is -2.39. The van der Waals surface area contributed by atoms with Crippen LogP contribution in [0, 0.1) is 6.92 Å². The molecule has 20 heavy (non-hydrogen) atoms. The topological polar surface area (TPSA) is 67.6 Å². The van der Waals surface area contributed by atoms with Gasteiger partial charge in [-0.15, -0.1) is 0 Å². The molecule has 0 unspecified atom stereocenters. The van der Waals surface area contributed by atoms with Crippen molar-refractivity contribution in [3.8, 4) is 0 Å². The number of amides is 1. The van der Waals surface area contributed by atoms with Crippen LogP contribution in [0.15, 0.2) is 24.3 Å². The van der Waals surface area contributed by atoms with Gasteiger partial charge >= 0.3 is 0 Å². The summed E-state index contributed by atoms with van der Waals surface area (Å²) in [5.41, 5.74) is 7.81. The minimum Gasteiger partial charge on any atom is -0.383 e. The molecule has 0 aliphatic heterocycles. The van der Waals surface area contributed by atoms with E-state index in [1.807, 2.05) is 25.1 Å². The summed E-state index contributed by atoms with van der Waals surface area (Å²) >= 11 is 0. The number of aryl methyl sites for hydroxylation is 1. The second kappa shape index (κ2) is 9.34. The van der Waals surface area contributed by atoms with Gasteiger partial charge in [0.25, 0.3) is 0 Å². The smallest absolute Gasteiger partial charge is 0.239 e. The third kappa shape index (κ3) is 6.04. The summed E-state index contributed by atoms with van der Waals surface area (Å²) < 4.78 is 4.92. The fourth-order valence-electron chi connectivity index (χ4n) is 1.93. The van der Waals surface area contributed by atoms with Gasteiger partial charge in [-0.05, 0) is 37.6 Å². The fourth-order valence-corrected chi connectivity index (χ4v) is 1.93. The number of hydrogen-bond acceptors (Lipinski definition) is 4. The van der Waals surface area contributed by atoms with Crippen molar-refractivity contribution < 1.29 is 9.53 Å². The van der Waals surface area contributed by atoms with E-state index in [1.54, 1.807) is 7.11 Å². The summed E-state index contributed by atoms with van der Waals surface area (Å²) in [7, 11) is 1.62. The molecule has 5 heteroatoms. The van der Waals surface area contributed by atoms with Crippen molar-refractivity contribution in [1.82, 2.24) is 5.32 Å². The van der Waals surface area contributed by atoms with Crippen LogP contribution in [0.4, 0.5) is 5.69 Å². The van der Waals surface area contributed by atoms with Crippen molar-refractivity contribution in [2.75, 3.05) is 44.8 Å². The molecule has 0 spiro atoms. The Labute approximate surface area is 121 Å². The fraction of sp³-hybridized carbons (Fsp3) is 0.533. The molecule has 0 aromatic heterocycles. The molecule has 1 rings (SSSR count). The first-order valence-electron chi connectivity index (χ1n) is 6.94. The molecule has 0 saturated carbocycles. The number of nitrogens with one attached hydrogen (secondary N) is 1. The predicted molar refractivity (Wildman–Crippen MR) is 81.9 cm³/mol. The normalized spacial score (nSPS) is 10.3. The number of carbonyl (C=O) groups is 1. The minimum atomic E-state index is 0.000535. The maximum Gasteiger partial charge on any atom is 0.239 e. The maximum absolute atomic E-state index is 11.9. The summed E-state index contributed by atoms with van der Waals surface area (Å²) in [6.07, 6.45) is 0.860. The SMILES string of the molecule is COCCNC(=O)CN(CCCN)c1cccc(C)c1. The van der Waals surface area contributed by atoms with Crippen LogP contribution in [0.25, 0.3) is 0 Å². The highest BCUT2D eigenvalue weighted by atomic mass is 16.5. The number of hydrogen-bond donors (Lipinski definition) is 2. The van der Waals surface area contributed by atoms with Crippen LogP contribution in [0.2, 0.25) is 0 Å². The first-order valence-corrected chi connectivity index (χ1v) is 6.94. The van der Waals surface area contributed by atoms with Gasteiger partial charge in [-0.3, -0.25) is 4.79 Å². The number of nitrogens with zero attached hydrogens (tertiary/aromatic N) is 1. The van der Waals surface area contributed by atoms with E-state index < -0.39 is 0 Å². The average Bonchev–Trinajstić information content (AvgIpc) is 2.43. The first kappa shape index (κ1) is 16.5. The zero-order valence-electron chi connectivity index (χ0n) is 12.4. The van der Waals surface area contributed by atoms with Crippen molar-refractivity contribution in [3.05, 3.63) is 29.8 Å². The van der Waals surface area contributed by atoms with Crippen molar-refractivity contribution in [2.45, 2.75) is 13.3 Å². The maximum atomic E-state index is 11.9. The highest BCUT2D eigenvalue weighted by Crippen LogP contribution is 2.15. The van der Waals surface area contributed by atoms with Gasteiger partial charge < -0.3 is 20.7 Å². The molecule has 0 bridgehead atoms. The van der Waals surface area contributed by atoms with Gasteiger partial charge in [-0.25, -0.2) is 0 Å². The number of carbonyl (C=O) groups excluding carboxylic acids is 1. The molecule has 0 aliphatic carbocycles. The Kier molecular flexibility index (Phi) is 7.69. The molecule has 0 saturated heterocycles. The molecule has 112 valence electrons. The number of anilines is 1. The molecule has 0 fully saturated rings. The number of rotatable bonds is 9. The molecule has 1 aromatic rings. The zero-order valence-corrected chi connectivity index (χ0v) is 12.4. The van der Waals surface area contributed by atoms with E-state index in [9.17, 15) is 4.79 Å². The summed E-state index contributed by atoms with van der Waals surface area (Å²) in [6.45, 7) is 4.84. The summed E-state index contributed by atoms with van der Waals surface area (Å²) in [6, 6.07) is 8.15. The largest absolute Gasteiger partial charge is 0.383 e. The lowest BCUT2D eigenvalue weighted by Gasteiger charge is -2.24. The van der Waals surface area contributed by atoms with Crippen LogP contribution in [0.5, 0.6) is 0 Å². The van der Waals surface area contributed by atoms with Gasteiger partial charge in [0.1, 0.15) is 0 Å². The molecule has 0 radical (unpaired) electrons. The van der Waals surface area contributed by atoms with E-state index in [0.717, 1.165) is 18.7 Å². The van der Waals surface area contributed by atoms with Gasteiger partial charge in [0.15, 0.2) is 0 Å². The summed E-state index contributed by atoms with van der Waals surface area (Å²) in [5, 5.41) is 2.84. The van der Waals surface area contributed by atoms with Gasteiger partial charge in [0.2, 0.25) is 5.91 Å². The Morgan fingerprint density at radius 1 is 1.45 bits per heavy atom. The van der Waals surface area contributed by atoms with E-state index in [-0.39, 0.29) is 5.91 Å². The standard InChI is InChI=1S/C15H25N3O2/c1-13-5-3-6-14(11-13)18(9-4-7-16)12-15(19)17-8-10-20-2/h3,5-6,11H,4,7-10,12,16H2,1-2H3,(H,17,19). The van der Waals surface area contributed by atoms with Crippen molar-refractivity contribution in [3.63, 3.8) is 0 Å². The van der Waals surface area contributed by atoms with Crippen molar-refractivity contribution in [2.24, 2.45) is 5.73 Å². The Morgan fingerprint density at radius 2 is 2.25 bits per heavy atom. The predicted octanol–water partition coefficient (Wildman–Crippen LogP) is 0.913. The average molecular weight is 279 g/mol. The van der Waals surface area contributed by atoms with Gasteiger partial charge in [-0.1, -0.05) is 12.1 Å². The number of ether oxygens (including phenoxy) is 1. The van der Waals surface area contributed by atoms with Gasteiger partial charge in [0, 0.05) is 25.9 Å². The number of benzene rings is 1. The third-order valence-electron chi connectivity index (χ3n) is 2.96. The molecule has 3 N–H and O–H groups in total. The summed E-state index contributed by atoms with van der Waals surface area (Å²) in [4.78, 5) is 14.0. The zero-order chi connectivity index (χ0) is 14.8. The van der Waals surface area contributed by atoms with Crippen LogP contribution >= 0.6 is 0 Å². The van der Waals surface area contributed by atoms with Crippen LogP contribution in [-0.2, 0) is 9.53 Å². The molecule has 5 nitrogen and oxygen atoms in total. The minimum absolute atomic E-state index is 0.000535. The van der Waals surface area contributed by atoms with Crippen LogP contribution in [0.3, 0.4) is 0 Å². The third-order valence-corrected chi connectivity index (χ3v) is 2.96. The Balaban J connectivity index is 2.62. The van der Waals surface area contributed by atoms with Crippen molar-refractivity contribution in [1.29, 1.82) is 0 Å². The van der Waals surface area contributed by atoms with E-state index >= 15 is 0 Å². The molecule has 1 amide bonds. The van der Waals surface area contributed by atoms with Crippen molar-refractivity contribution >= 4 is 11.6 Å². The quantitative estimate of drug-likeness (QED) is 0.659. The Hall–Kier alpha value is -1.59. The monoisotopic (exact) mass is 279 g/mol. The molecular formula is C15H25N3O2. The van der Waals surface area contributed by atoms with E-state index in [4.69, 9.17) is 10.5 Å². The Bertz CT molecular complexity index is 410. The molecule has 0 atom stereocenters. The second-order valence-corrected chi connectivity index (χ2v) is 4.75. The van der Waals surface area contributed by atoms with Gasteiger partial charge in [-0.2, -0.15) is 0 Å². The van der Waals surface area contributed by atoms with Crippen LogP contribution in [0.1, 0.15) is 12.0 Å². The number of nitrogens with two attached hydrogens (primary N) is 1. The summed E-state index contributed by atoms with van der Waals surface area (Å²) in [5.74, 6) is 0.000535. The highest BCUT2D eigenvalue weighted by Gasteiger charge is 2.11. The van der Waals surface area contributed by atoms with E-state index in [0.29, 0.717) is 26.2 Å². The Morgan fingerprint density at radius 3 is 2.90 bits per heavy atom. The molecule has 0 heterocycles. The van der Waals surface area contributed by atoms with Crippen LogP contribution in [-0.4, -0.2) is 45.8 Å². The lowest BCUT2D eigenvalue weighted by molar-refractivity contribution is -0.119. The highest BCUT2D eigenvalue weighted by molar-refractivity contribution is 5.81. The number of methoxy groups -OCH3 is 1. The van der Waals surface area contributed by atoms with E-state index in [1.165, 1.54) is 5.56 Å². The molecular weight excluding hydrogens is 254 g/mol. The van der Waals surface area contributed by atoms with Gasteiger partial charge in [0.05, 0.1) is 13.2 Å². The molecule has 0 aliphatic rings.